The minimum atomic E-state index is 0.0576. The number of carbonyl (C=O) groups is 1. The smallest absolute Gasteiger partial charge is 0.270 e. The fourth-order valence-corrected chi connectivity index (χ4v) is 2.72. The Kier molecular flexibility index (Phi) is 3.60. The maximum atomic E-state index is 12.6. The van der Waals surface area contributed by atoms with E-state index in [1.54, 1.807) is 7.11 Å². The molecule has 0 N–H and O–H groups in total. The highest BCUT2D eigenvalue weighted by Gasteiger charge is 2.23. The molecule has 0 bridgehead atoms. The fraction of sp³-hybridized carbons (Fsp3) is 0.400. The number of aromatic nitrogens is 3. The van der Waals surface area contributed by atoms with E-state index in [2.05, 4.69) is 9.97 Å². The molecule has 0 aliphatic carbocycles. The molecule has 0 fully saturated rings. The van der Waals surface area contributed by atoms with Crippen LogP contribution in [0.3, 0.4) is 0 Å². The van der Waals surface area contributed by atoms with Crippen molar-refractivity contribution in [1.82, 2.24) is 19.4 Å². The van der Waals surface area contributed by atoms with Crippen LogP contribution in [-0.4, -0.2) is 45.5 Å². The molecule has 1 aliphatic heterocycles. The van der Waals surface area contributed by atoms with Gasteiger partial charge >= 0.3 is 0 Å². The Labute approximate surface area is 123 Å². The molecule has 21 heavy (non-hydrogen) atoms. The van der Waals surface area contributed by atoms with Crippen LogP contribution in [0.15, 0.2) is 24.7 Å². The standard InChI is InChI=1S/C15H18N4O2/c1-18-7-3-4-13(18)15(20)19-8-5-11-12(6-9-19)16-10-17-14(11)21-2/h3-4,7,10H,5-6,8-9H2,1-2H3. The van der Waals surface area contributed by atoms with Gasteiger partial charge in [-0.15, -0.1) is 0 Å². The van der Waals surface area contributed by atoms with Crippen molar-refractivity contribution in [2.45, 2.75) is 12.8 Å². The van der Waals surface area contributed by atoms with Crippen LogP contribution in [0.25, 0.3) is 0 Å². The molecule has 0 saturated carbocycles. The maximum absolute atomic E-state index is 12.6. The third-order valence-electron chi connectivity index (χ3n) is 3.89. The van der Waals surface area contributed by atoms with Gasteiger partial charge in [0.15, 0.2) is 0 Å². The summed E-state index contributed by atoms with van der Waals surface area (Å²) >= 11 is 0. The number of aryl methyl sites for hydroxylation is 1. The summed E-state index contributed by atoms with van der Waals surface area (Å²) in [5.74, 6) is 0.676. The quantitative estimate of drug-likeness (QED) is 0.828. The van der Waals surface area contributed by atoms with E-state index in [1.807, 2.05) is 34.8 Å². The molecule has 6 nitrogen and oxygen atoms in total. The number of amides is 1. The summed E-state index contributed by atoms with van der Waals surface area (Å²) in [4.78, 5) is 22.9. The molecule has 110 valence electrons. The number of fused-ring (bicyclic) bond motifs is 1. The Balaban J connectivity index is 1.82. The Hall–Kier alpha value is -2.37. The molecule has 0 radical (unpaired) electrons. The zero-order valence-electron chi connectivity index (χ0n) is 12.2. The molecule has 3 rings (SSSR count). The lowest BCUT2D eigenvalue weighted by Gasteiger charge is -2.20. The molecule has 2 aromatic heterocycles. The van der Waals surface area contributed by atoms with E-state index in [1.165, 1.54) is 6.33 Å². The second-order valence-electron chi connectivity index (χ2n) is 5.10. The van der Waals surface area contributed by atoms with Crippen molar-refractivity contribution < 1.29 is 9.53 Å². The number of hydrogen-bond donors (Lipinski definition) is 0. The Bertz CT molecular complexity index is 665. The van der Waals surface area contributed by atoms with Gasteiger partial charge in [-0.3, -0.25) is 4.79 Å². The van der Waals surface area contributed by atoms with E-state index in [-0.39, 0.29) is 5.91 Å². The average molecular weight is 286 g/mol. The number of rotatable bonds is 2. The molecular weight excluding hydrogens is 268 g/mol. The molecular formula is C15H18N4O2. The molecule has 0 aromatic carbocycles. The zero-order valence-corrected chi connectivity index (χ0v) is 12.2. The monoisotopic (exact) mass is 286 g/mol. The highest BCUT2D eigenvalue weighted by molar-refractivity contribution is 5.92. The predicted octanol–water partition coefficient (Wildman–Crippen LogP) is 1.06. The van der Waals surface area contributed by atoms with Gasteiger partial charge in [0.2, 0.25) is 5.88 Å². The normalized spacial score (nSPS) is 14.5. The van der Waals surface area contributed by atoms with Crippen LogP contribution in [0.2, 0.25) is 0 Å². The first kappa shape index (κ1) is 13.6. The number of hydrogen-bond acceptors (Lipinski definition) is 4. The second kappa shape index (κ2) is 5.55. The average Bonchev–Trinajstić information content (AvgIpc) is 2.81. The molecule has 1 amide bonds. The number of methoxy groups -OCH3 is 1. The Morgan fingerprint density at radius 1 is 1.29 bits per heavy atom. The van der Waals surface area contributed by atoms with Gasteiger partial charge in [0.25, 0.3) is 5.91 Å². The highest BCUT2D eigenvalue weighted by Crippen LogP contribution is 2.22. The van der Waals surface area contributed by atoms with E-state index >= 15 is 0 Å². The van der Waals surface area contributed by atoms with Crippen LogP contribution in [-0.2, 0) is 19.9 Å². The summed E-state index contributed by atoms with van der Waals surface area (Å²) in [6, 6.07) is 3.73. The minimum Gasteiger partial charge on any atom is -0.481 e. The summed E-state index contributed by atoms with van der Waals surface area (Å²) in [6.07, 6.45) is 4.85. The summed E-state index contributed by atoms with van der Waals surface area (Å²) < 4.78 is 7.14. The molecule has 0 spiro atoms. The van der Waals surface area contributed by atoms with Crippen LogP contribution in [0.5, 0.6) is 5.88 Å². The van der Waals surface area contributed by atoms with E-state index < -0.39 is 0 Å². The molecule has 0 atom stereocenters. The van der Waals surface area contributed by atoms with Crippen LogP contribution in [0.1, 0.15) is 21.7 Å². The van der Waals surface area contributed by atoms with Gasteiger partial charge in [-0.25, -0.2) is 9.97 Å². The SMILES string of the molecule is COc1ncnc2c1CCN(C(=O)c1cccn1C)CC2. The summed E-state index contributed by atoms with van der Waals surface area (Å²) in [5.41, 5.74) is 2.70. The minimum absolute atomic E-state index is 0.0576. The van der Waals surface area contributed by atoms with Crippen LogP contribution < -0.4 is 4.74 Å². The van der Waals surface area contributed by atoms with E-state index in [9.17, 15) is 4.79 Å². The summed E-state index contributed by atoms with van der Waals surface area (Å²) in [6.45, 7) is 1.32. The van der Waals surface area contributed by atoms with Crippen molar-refractivity contribution in [3.63, 3.8) is 0 Å². The van der Waals surface area contributed by atoms with Gasteiger partial charge < -0.3 is 14.2 Å². The topological polar surface area (TPSA) is 60.3 Å². The molecule has 6 heteroatoms. The van der Waals surface area contributed by atoms with Gasteiger partial charge in [0, 0.05) is 38.3 Å². The first-order valence-electron chi connectivity index (χ1n) is 6.98. The third kappa shape index (κ3) is 2.49. The Morgan fingerprint density at radius 3 is 2.81 bits per heavy atom. The zero-order chi connectivity index (χ0) is 14.8. The van der Waals surface area contributed by atoms with E-state index in [0.717, 1.165) is 24.1 Å². The van der Waals surface area contributed by atoms with Crippen LogP contribution in [0, 0.1) is 0 Å². The van der Waals surface area contributed by atoms with Crippen LogP contribution in [0.4, 0.5) is 0 Å². The van der Waals surface area contributed by atoms with E-state index in [0.29, 0.717) is 24.7 Å². The second-order valence-corrected chi connectivity index (χ2v) is 5.10. The van der Waals surface area contributed by atoms with Crippen molar-refractivity contribution in [1.29, 1.82) is 0 Å². The summed E-state index contributed by atoms with van der Waals surface area (Å²) in [7, 11) is 3.49. The van der Waals surface area contributed by atoms with Gasteiger partial charge in [-0.05, 0) is 18.6 Å². The van der Waals surface area contributed by atoms with Gasteiger partial charge in [-0.1, -0.05) is 0 Å². The van der Waals surface area contributed by atoms with Gasteiger partial charge in [0.1, 0.15) is 12.0 Å². The molecule has 1 aliphatic rings. The largest absolute Gasteiger partial charge is 0.481 e. The van der Waals surface area contributed by atoms with Crippen molar-refractivity contribution in [3.05, 3.63) is 41.6 Å². The van der Waals surface area contributed by atoms with E-state index in [4.69, 9.17) is 4.74 Å². The number of ether oxygens (including phenoxy) is 1. The third-order valence-corrected chi connectivity index (χ3v) is 3.89. The molecule has 0 saturated heterocycles. The Morgan fingerprint density at radius 2 is 2.10 bits per heavy atom. The van der Waals surface area contributed by atoms with Crippen molar-refractivity contribution in [2.24, 2.45) is 7.05 Å². The number of carbonyl (C=O) groups excluding carboxylic acids is 1. The first-order valence-corrected chi connectivity index (χ1v) is 6.98. The molecule has 2 aromatic rings. The number of nitrogens with zero attached hydrogens (tertiary/aromatic N) is 4. The van der Waals surface area contributed by atoms with Crippen molar-refractivity contribution in [3.8, 4) is 5.88 Å². The van der Waals surface area contributed by atoms with Gasteiger partial charge in [-0.2, -0.15) is 0 Å². The fourth-order valence-electron chi connectivity index (χ4n) is 2.72. The van der Waals surface area contributed by atoms with Crippen molar-refractivity contribution >= 4 is 5.91 Å². The highest BCUT2D eigenvalue weighted by atomic mass is 16.5. The van der Waals surface area contributed by atoms with Crippen LogP contribution >= 0.6 is 0 Å². The van der Waals surface area contributed by atoms with Crippen molar-refractivity contribution in [2.75, 3.05) is 20.2 Å². The lowest BCUT2D eigenvalue weighted by atomic mass is 10.1. The predicted molar refractivity (Wildman–Crippen MR) is 77.3 cm³/mol. The first-order chi connectivity index (χ1) is 10.2. The van der Waals surface area contributed by atoms with Gasteiger partial charge in [0.05, 0.1) is 12.8 Å². The molecule has 3 heterocycles. The summed E-state index contributed by atoms with van der Waals surface area (Å²) in [5, 5.41) is 0. The molecule has 0 unspecified atom stereocenters. The lowest BCUT2D eigenvalue weighted by Crippen LogP contribution is -2.34. The maximum Gasteiger partial charge on any atom is 0.270 e. The lowest BCUT2D eigenvalue weighted by molar-refractivity contribution is 0.0753.